The van der Waals surface area contributed by atoms with Crippen LogP contribution in [0.1, 0.15) is 49.7 Å². The van der Waals surface area contributed by atoms with Gasteiger partial charge in [0, 0.05) is 18.7 Å². The van der Waals surface area contributed by atoms with Gasteiger partial charge < -0.3 is 10.1 Å². The van der Waals surface area contributed by atoms with Gasteiger partial charge in [-0.15, -0.1) is 0 Å². The van der Waals surface area contributed by atoms with Gasteiger partial charge in [-0.05, 0) is 68.8 Å². The van der Waals surface area contributed by atoms with Gasteiger partial charge >= 0.3 is 5.97 Å². The van der Waals surface area contributed by atoms with E-state index >= 15 is 0 Å². The van der Waals surface area contributed by atoms with Crippen molar-refractivity contribution in [3.05, 3.63) is 41.5 Å². The smallest absolute Gasteiger partial charge is 0.320 e. The molecule has 3 N–H and O–H groups in total. The largest absolute Gasteiger partial charge is 0.461 e. The summed E-state index contributed by atoms with van der Waals surface area (Å²) in [6, 6.07) is 8.40. The van der Waals surface area contributed by atoms with Crippen LogP contribution in [-0.2, 0) is 20.9 Å². The van der Waals surface area contributed by atoms with Crippen LogP contribution in [0.2, 0.25) is 0 Å². The summed E-state index contributed by atoms with van der Waals surface area (Å²) >= 11 is 0. The summed E-state index contributed by atoms with van der Waals surface area (Å²) in [6.45, 7) is 3.18. The third-order valence-electron chi connectivity index (χ3n) is 5.65. The van der Waals surface area contributed by atoms with Crippen molar-refractivity contribution in [2.24, 2.45) is 0 Å². The predicted molar refractivity (Wildman–Crippen MR) is 110 cm³/mol. The third kappa shape index (κ3) is 7.27. The molecular weight excluding hydrogens is 370 g/mol. The van der Waals surface area contributed by atoms with Gasteiger partial charge in [-0.3, -0.25) is 19.7 Å². The lowest BCUT2D eigenvalue weighted by Gasteiger charge is -2.32. The number of hydroxylamine groups is 1. The molecule has 1 aliphatic heterocycles. The summed E-state index contributed by atoms with van der Waals surface area (Å²) in [4.78, 5) is 25.4. The highest BCUT2D eigenvalue weighted by Crippen LogP contribution is 2.21. The highest BCUT2D eigenvalue weighted by molar-refractivity contribution is 5.90. The average Bonchev–Trinajstić information content (AvgIpc) is 3.25. The molecule has 1 saturated carbocycles. The number of benzene rings is 1. The van der Waals surface area contributed by atoms with Crippen LogP contribution in [0.25, 0.3) is 6.08 Å². The topological polar surface area (TPSA) is 90.9 Å². The molecule has 1 aromatic carbocycles. The van der Waals surface area contributed by atoms with E-state index in [0.717, 1.165) is 50.9 Å². The number of hydrogen-bond donors (Lipinski definition) is 3. The molecule has 158 valence electrons. The number of carbonyl (C=O) groups excluding carboxylic acids is 2. The minimum atomic E-state index is -0.544. The molecule has 2 aliphatic rings. The van der Waals surface area contributed by atoms with E-state index in [-0.39, 0.29) is 12.1 Å². The second-order valence-corrected chi connectivity index (χ2v) is 7.88. The first-order chi connectivity index (χ1) is 14.1. The van der Waals surface area contributed by atoms with E-state index in [2.05, 4.69) is 22.3 Å². The zero-order chi connectivity index (χ0) is 20.5. The SMILES string of the molecule is O=C(/C=C/c1ccc(CN2CCC(NCC(=O)OC3CCCC3)CC2)cc1)NO. The van der Waals surface area contributed by atoms with Crippen molar-refractivity contribution in [2.75, 3.05) is 19.6 Å². The van der Waals surface area contributed by atoms with Gasteiger partial charge in [0.1, 0.15) is 6.10 Å². The lowest BCUT2D eigenvalue weighted by molar-refractivity contribution is -0.147. The van der Waals surface area contributed by atoms with Crippen molar-refractivity contribution in [1.29, 1.82) is 0 Å². The number of likely N-dealkylation sites (tertiary alicyclic amines) is 1. The van der Waals surface area contributed by atoms with E-state index in [4.69, 9.17) is 9.94 Å². The molecule has 3 rings (SSSR count). The second kappa shape index (κ2) is 11.1. The fourth-order valence-corrected chi connectivity index (χ4v) is 3.96. The molecular formula is C22H31N3O4. The number of piperidine rings is 1. The first kappa shape index (κ1) is 21.5. The Hall–Kier alpha value is -2.22. The Morgan fingerprint density at radius 1 is 1.10 bits per heavy atom. The van der Waals surface area contributed by atoms with Crippen molar-refractivity contribution < 1.29 is 19.5 Å². The van der Waals surface area contributed by atoms with Gasteiger partial charge in [0.2, 0.25) is 0 Å². The van der Waals surface area contributed by atoms with Gasteiger partial charge in [0.15, 0.2) is 0 Å². The summed E-state index contributed by atoms with van der Waals surface area (Å²) in [5.41, 5.74) is 3.70. The summed E-state index contributed by atoms with van der Waals surface area (Å²) in [6.07, 6.45) is 9.50. The monoisotopic (exact) mass is 401 g/mol. The van der Waals surface area contributed by atoms with Crippen LogP contribution < -0.4 is 10.8 Å². The van der Waals surface area contributed by atoms with Crippen LogP contribution in [0.5, 0.6) is 0 Å². The number of amides is 1. The molecule has 1 aliphatic carbocycles. The highest BCUT2D eigenvalue weighted by atomic mass is 16.5. The van der Waals surface area contributed by atoms with Crippen molar-refractivity contribution in [3.63, 3.8) is 0 Å². The Bertz CT molecular complexity index is 691. The maximum Gasteiger partial charge on any atom is 0.320 e. The minimum Gasteiger partial charge on any atom is -0.461 e. The summed E-state index contributed by atoms with van der Waals surface area (Å²) < 4.78 is 5.50. The molecule has 2 fully saturated rings. The number of nitrogens with one attached hydrogen (secondary N) is 2. The lowest BCUT2D eigenvalue weighted by atomic mass is 10.0. The molecule has 1 saturated heterocycles. The maximum absolute atomic E-state index is 11.9. The van der Waals surface area contributed by atoms with Gasteiger partial charge in [0.05, 0.1) is 6.54 Å². The zero-order valence-corrected chi connectivity index (χ0v) is 16.8. The Labute approximate surface area is 172 Å². The number of ether oxygens (including phenoxy) is 1. The molecule has 0 radical (unpaired) electrons. The van der Waals surface area contributed by atoms with E-state index in [1.165, 1.54) is 24.5 Å². The van der Waals surface area contributed by atoms with Gasteiger partial charge in [-0.2, -0.15) is 0 Å². The number of hydrogen-bond acceptors (Lipinski definition) is 6. The first-order valence-corrected chi connectivity index (χ1v) is 10.5. The molecule has 1 amide bonds. The van der Waals surface area contributed by atoms with Crippen molar-refractivity contribution in [2.45, 2.75) is 57.2 Å². The molecule has 0 atom stereocenters. The van der Waals surface area contributed by atoms with Crippen LogP contribution in [0.15, 0.2) is 30.3 Å². The van der Waals surface area contributed by atoms with Crippen molar-refractivity contribution in [1.82, 2.24) is 15.7 Å². The Balaban J connectivity index is 1.34. The molecule has 7 heteroatoms. The predicted octanol–water partition coefficient (Wildman–Crippen LogP) is 2.24. The van der Waals surface area contributed by atoms with Crippen LogP contribution in [0, 0.1) is 0 Å². The van der Waals surface area contributed by atoms with E-state index < -0.39 is 5.91 Å². The Morgan fingerprint density at radius 2 is 1.79 bits per heavy atom. The van der Waals surface area contributed by atoms with Crippen LogP contribution in [-0.4, -0.2) is 53.8 Å². The van der Waals surface area contributed by atoms with Gasteiger partial charge in [-0.1, -0.05) is 24.3 Å². The number of rotatable bonds is 8. The molecule has 0 spiro atoms. The first-order valence-electron chi connectivity index (χ1n) is 10.5. The molecule has 7 nitrogen and oxygen atoms in total. The van der Waals surface area contributed by atoms with Crippen molar-refractivity contribution in [3.8, 4) is 0 Å². The van der Waals surface area contributed by atoms with E-state index in [1.807, 2.05) is 12.1 Å². The molecule has 0 aromatic heterocycles. The molecule has 29 heavy (non-hydrogen) atoms. The number of carbonyl (C=O) groups is 2. The number of esters is 1. The van der Waals surface area contributed by atoms with Gasteiger partial charge in [-0.25, -0.2) is 5.48 Å². The van der Waals surface area contributed by atoms with Gasteiger partial charge in [0.25, 0.3) is 5.91 Å². The Morgan fingerprint density at radius 3 is 2.45 bits per heavy atom. The highest BCUT2D eigenvalue weighted by Gasteiger charge is 2.22. The third-order valence-corrected chi connectivity index (χ3v) is 5.65. The van der Waals surface area contributed by atoms with E-state index in [9.17, 15) is 9.59 Å². The van der Waals surface area contributed by atoms with Crippen LogP contribution >= 0.6 is 0 Å². The lowest BCUT2D eigenvalue weighted by Crippen LogP contribution is -2.44. The van der Waals surface area contributed by atoms with E-state index in [0.29, 0.717) is 12.6 Å². The summed E-state index contributed by atoms with van der Waals surface area (Å²) in [7, 11) is 0. The quantitative estimate of drug-likeness (QED) is 0.268. The maximum atomic E-state index is 11.9. The standard InChI is InChI=1S/C22H31N3O4/c26-21(24-28)10-9-17-5-7-18(8-6-17)16-25-13-11-19(12-14-25)23-15-22(27)29-20-3-1-2-4-20/h5-10,19-20,23,28H,1-4,11-16H2,(H,24,26)/b10-9+. The molecule has 0 bridgehead atoms. The van der Waals surface area contributed by atoms with Crippen LogP contribution in [0.4, 0.5) is 0 Å². The molecule has 1 heterocycles. The minimum absolute atomic E-state index is 0.120. The summed E-state index contributed by atoms with van der Waals surface area (Å²) in [5.74, 6) is -0.665. The Kier molecular flexibility index (Phi) is 8.22. The average molecular weight is 402 g/mol. The van der Waals surface area contributed by atoms with E-state index in [1.54, 1.807) is 11.6 Å². The molecule has 0 unspecified atom stereocenters. The van der Waals surface area contributed by atoms with Crippen LogP contribution in [0.3, 0.4) is 0 Å². The molecule has 1 aromatic rings. The fourth-order valence-electron chi connectivity index (χ4n) is 3.96. The zero-order valence-electron chi connectivity index (χ0n) is 16.8. The van der Waals surface area contributed by atoms with Crippen molar-refractivity contribution >= 4 is 18.0 Å². The summed E-state index contributed by atoms with van der Waals surface area (Å²) in [5, 5.41) is 11.8. The number of nitrogens with zero attached hydrogens (tertiary/aromatic N) is 1. The second-order valence-electron chi connectivity index (χ2n) is 7.88. The normalized spacial score (nSPS) is 18.9. The fraction of sp³-hybridized carbons (Fsp3) is 0.545.